The maximum atomic E-state index is 12.9. The number of benzene rings is 4. The number of ether oxygens (including phenoxy) is 4. The number of halogens is 2. The summed E-state index contributed by atoms with van der Waals surface area (Å²) in [6.45, 7) is 2.80. The number of hydrogen-bond acceptors (Lipinski definition) is 7. The summed E-state index contributed by atoms with van der Waals surface area (Å²) in [4.78, 5) is 12.9. The molecule has 2 N–H and O–H groups in total. The van der Waals surface area contributed by atoms with Crippen LogP contribution >= 0.6 is 23.2 Å². The van der Waals surface area contributed by atoms with Crippen LogP contribution in [0.3, 0.4) is 0 Å². The van der Waals surface area contributed by atoms with Crippen molar-refractivity contribution in [2.45, 2.75) is 25.9 Å². The van der Waals surface area contributed by atoms with Gasteiger partial charge >= 0.3 is 5.97 Å². The smallest absolute Gasteiger partial charge is 0.343 e. The van der Waals surface area contributed by atoms with Gasteiger partial charge in [0.15, 0.2) is 5.75 Å². The van der Waals surface area contributed by atoms with E-state index >= 15 is 0 Å². The van der Waals surface area contributed by atoms with E-state index in [0.717, 1.165) is 17.5 Å². The second-order valence-corrected chi connectivity index (χ2v) is 10.3. The Hall–Kier alpha value is -4.64. The van der Waals surface area contributed by atoms with Gasteiger partial charge in [-0.15, -0.1) is 0 Å². The molecule has 4 aromatic carbocycles. The molecule has 0 fully saturated rings. The first-order chi connectivity index (χ1) is 20.4. The van der Waals surface area contributed by atoms with E-state index in [1.165, 1.54) is 12.1 Å². The lowest BCUT2D eigenvalue weighted by molar-refractivity contribution is 0.0734. The predicted octanol–water partition coefficient (Wildman–Crippen LogP) is 7.80. The van der Waals surface area contributed by atoms with E-state index in [0.29, 0.717) is 36.0 Å². The lowest BCUT2D eigenvalue weighted by atomic mass is 9.83. The summed E-state index contributed by atoms with van der Waals surface area (Å²) in [5.74, 6) is 0.315. The molecule has 4 aromatic rings. The highest BCUT2D eigenvalue weighted by atomic mass is 35.5. The number of esters is 1. The number of fused-ring (bicyclic) bond motifs is 1. The molecular weight excluding hydrogens is 575 g/mol. The quantitative estimate of drug-likeness (QED) is 0.154. The second kappa shape index (κ2) is 12.9. The van der Waals surface area contributed by atoms with Crippen LogP contribution in [0.5, 0.6) is 23.0 Å². The van der Waals surface area contributed by atoms with E-state index in [1.807, 2.05) is 61.5 Å². The van der Waals surface area contributed by atoms with Crippen molar-refractivity contribution in [2.24, 2.45) is 5.73 Å². The Bertz CT molecular complexity index is 1680. The number of nitrogens with zero attached hydrogens (tertiary/aromatic N) is 1. The third-order valence-corrected chi connectivity index (χ3v) is 7.09. The third-order valence-electron chi connectivity index (χ3n) is 6.53. The molecule has 0 bridgehead atoms. The van der Waals surface area contributed by atoms with E-state index < -0.39 is 11.9 Å². The minimum absolute atomic E-state index is 0.0321. The Balaban J connectivity index is 1.39. The number of nitrogens with two attached hydrogens (primary N) is 1. The first-order valence-electron chi connectivity index (χ1n) is 13.2. The summed E-state index contributed by atoms with van der Waals surface area (Å²) in [5.41, 5.74) is 9.12. The Morgan fingerprint density at radius 3 is 2.43 bits per heavy atom. The van der Waals surface area contributed by atoms with Crippen molar-refractivity contribution in [1.29, 1.82) is 5.26 Å². The van der Waals surface area contributed by atoms with E-state index in [-0.39, 0.29) is 32.8 Å². The van der Waals surface area contributed by atoms with Gasteiger partial charge in [0.2, 0.25) is 5.88 Å². The maximum absolute atomic E-state index is 12.9. The Morgan fingerprint density at radius 1 is 0.952 bits per heavy atom. The Morgan fingerprint density at radius 2 is 1.71 bits per heavy atom. The highest BCUT2D eigenvalue weighted by Crippen LogP contribution is 2.44. The van der Waals surface area contributed by atoms with Gasteiger partial charge in [-0.25, -0.2) is 4.79 Å². The molecule has 1 aliphatic heterocycles. The van der Waals surface area contributed by atoms with Crippen LogP contribution in [0.1, 0.15) is 46.3 Å². The summed E-state index contributed by atoms with van der Waals surface area (Å²) in [5, 5.41) is 10.4. The topological polar surface area (TPSA) is 104 Å². The fourth-order valence-electron chi connectivity index (χ4n) is 4.55. The number of allylic oxidation sites excluding steroid dienone is 1. The van der Waals surface area contributed by atoms with Gasteiger partial charge in [0.25, 0.3) is 0 Å². The van der Waals surface area contributed by atoms with Crippen molar-refractivity contribution < 1.29 is 23.7 Å². The molecule has 0 aliphatic carbocycles. The summed E-state index contributed by atoms with van der Waals surface area (Å²) >= 11 is 12.6. The lowest BCUT2D eigenvalue weighted by Gasteiger charge is -2.27. The monoisotopic (exact) mass is 600 g/mol. The molecule has 0 spiro atoms. The van der Waals surface area contributed by atoms with E-state index in [1.54, 1.807) is 18.2 Å². The number of rotatable bonds is 9. The zero-order valence-corrected chi connectivity index (χ0v) is 24.1. The molecule has 0 radical (unpaired) electrons. The number of carbonyl (C=O) groups excluding carboxylic acids is 1. The van der Waals surface area contributed by atoms with Gasteiger partial charge in [-0.3, -0.25) is 0 Å². The van der Waals surface area contributed by atoms with Crippen LogP contribution in [0.4, 0.5) is 0 Å². The highest BCUT2D eigenvalue weighted by Gasteiger charge is 2.31. The van der Waals surface area contributed by atoms with Gasteiger partial charge < -0.3 is 24.7 Å². The molecule has 42 heavy (non-hydrogen) atoms. The molecular formula is C33H26Cl2N2O5. The third kappa shape index (κ3) is 6.31. The molecule has 0 saturated heterocycles. The second-order valence-electron chi connectivity index (χ2n) is 9.48. The fourth-order valence-corrected chi connectivity index (χ4v) is 5.15. The summed E-state index contributed by atoms with van der Waals surface area (Å²) in [6, 6.07) is 27.3. The van der Waals surface area contributed by atoms with Crippen molar-refractivity contribution in [2.75, 3.05) is 6.61 Å². The van der Waals surface area contributed by atoms with Crippen molar-refractivity contribution in [3.05, 3.63) is 129 Å². The molecule has 1 atom stereocenters. The largest absolute Gasteiger partial charge is 0.490 e. The van der Waals surface area contributed by atoms with Crippen LogP contribution in [0.2, 0.25) is 10.0 Å². The van der Waals surface area contributed by atoms with E-state index in [9.17, 15) is 10.1 Å². The van der Waals surface area contributed by atoms with Crippen molar-refractivity contribution in [3.8, 4) is 29.1 Å². The number of nitriles is 1. The average molecular weight is 601 g/mol. The maximum Gasteiger partial charge on any atom is 0.343 e. The molecule has 0 aromatic heterocycles. The fraction of sp³-hybridized carbons (Fsp3) is 0.152. The van der Waals surface area contributed by atoms with Crippen LogP contribution in [-0.4, -0.2) is 12.6 Å². The zero-order valence-electron chi connectivity index (χ0n) is 22.6. The van der Waals surface area contributed by atoms with E-state index in [2.05, 4.69) is 6.07 Å². The van der Waals surface area contributed by atoms with Gasteiger partial charge in [-0.1, -0.05) is 78.7 Å². The first-order valence-corrected chi connectivity index (χ1v) is 14.0. The number of carbonyl (C=O) groups is 1. The standard InChI is InChI=1S/C33H26Cl2N2O5/c1-2-13-39-31-27(34)15-22(16-28(31)35)33(38)41-24-11-12-25-29(17-24)42-32(37)26(18-36)30(25)21-9-6-10-23(14-21)40-19-20-7-4-3-5-8-20/h3-12,14-17,30H,2,13,19,37H2,1H3. The van der Waals surface area contributed by atoms with Crippen LogP contribution in [0, 0.1) is 11.3 Å². The normalized spacial score (nSPS) is 13.9. The van der Waals surface area contributed by atoms with Crippen LogP contribution in [0.15, 0.2) is 96.4 Å². The van der Waals surface area contributed by atoms with Gasteiger partial charge in [0.1, 0.15) is 35.5 Å². The zero-order chi connectivity index (χ0) is 29.6. The molecule has 5 rings (SSSR count). The van der Waals surface area contributed by atoms with Crippen molar-refractivity contribution in [3.63, 3.8) is 0 Å². The van der Waals surface area contributed by atoms with E-state index in [4.69, 9.17) is 47.9 Å². The van der Waals surface area contributed by atoms with Crippen molar-refractivity contribution in [1.82, 2.24) is 0 Å². The summed E-state index contributed by atoms with van der Waals surface area (Å²) in [6.07, 6.45) is 0.779. The Kier molecular flexibility index (Phi) is 8.87. The summed E-state index contributed by atoms with van der Waals surface area (Å²) < 4.78 is 23.0. The van der Waals surface area contributed by atoms with Gasteiger partial charge in [0.05, 0.1) is 28.1 Å². The van der Waals surface area contributed by atoms with Crippen molar-refractivity contribution >= 4 is 29.2 Å². The Labute approximate surface area is 253 Å². The molecule has 7 nitrogen and oxygen atoms in total. The van der Waals surface area contributed by atoms with Crippen LogP contribution < -0.4 is 24.7 Å². The predicted molar refractivity (Wildman–Crippen MR) is 160 cm³/mol. The average Bonchev–Trinajstić information content (AvgIpc) is 2.99. The molecule has 1 heterocycles. The first kappa shape index (κ1) is 28.9. The highest BCUT2D eigenvalue weighted by molar-refractivity contribution is 6.37. The minimum Gasteiger partial charge on any atom is -0.490 e. The molecule has 9 heteroatoms. The lowest BCUT2D eigenvalue weighted by Crippen LogP contribution is -2.21. The summed E-state index contributed by atoms with van der Waals surface area (Å²) in [7, 11) is 0. The van der Waals surface area contributed by atoms with Gasteiger partial charge in [0, 0.05) is 11.6 Å². The molecule has 1 unspecified atom stereocenters. The SMILES string of the molecule is CCCOc1c(Cl)cc(C(=O)Oc2ccc3c(c2)OC(N)=C(C#N)C3c2cccc(OCc3ccccc3)c2)cc1Cl. The number of hydrogen-bond donors (Lipinski definition) is 1. The minimum atomic E-state index is -0.669. The molecule has 0 saturated carbocycles. The molecule has 0 amide bonds. The van der Waals surface area contributed by atoms with Gasteiger partial charge in [-0.05, 0) is 47.9 Å². The molecule has 212 valence electrons. The van der Waals surface area contributed by atoms with Crippen LogP contribution in [-0.2, 0) is 6.61 Å². The van der Waals surface area contributed by atoms with Crippen LogP contribution in [0.25, 0.3) is 0 Å². The molecule has 1 aliphatic rings. The van der Waals surface area contributed by atoms with Gasteiger partial charge in [-0.2, -0.15) is 5.26 Å².